The largest absolute Gasteiger partial charge is 0.452 e. The molecule has 17 heavy (non-hydrogen) atoms. The Morgan fingerprint density at radius 2 is 1.76 bits per heavy atom. The van der Waals surface area contributed by atoms with Crippen LogP contribution in [0.2, 0.25) is 0 Å². The fourth-order valence-corrected chi connectivity index (χ4v) is 1.76. The third-order valence-corrected chi connectivity index (χ3v) is 2.64. The third-order valence-electron chi connectivity index (χ3n) is 2.01. The van der Waals surface area contributed by atoms with Gasteiger partial charge in [0.2, 0.25) is 5.82 Å². The molecule has 2 rings (SSSR count). The number of nitrogens with zero attached hydrogens (tertiary/aromatic N) is 3. The highest BCUT2D eigenvalue weighted by Gasteiger charge is 2.39. The van der Waals surface area contributed by atoms with Crippen LogP contribution in [0.25, 0.3) is 5.69 Å². The molecular weight excluding hydrogens is 350 g/mol. The molecule has 1 aromatic carbocycles. The third kappa shape index (κ3) is 2.21. The molecule has 0 N–H and O–H groups in total. The highest BCUT2D eigenvalue weighted by atomic mass is 127. The molecule has 0 amide bonds. The summed E-state index contributed by atoms with van der Waals surface area (Å²) in [5.41, 5.74) is -0.711. The molecule has 0 radical (unpaired) electrons. The highest BCUT2D eigenvalue weighted by Crippen LogP contribution is 2.28. The first-order valence-corrected chi connectivity index (χ1v) is 5.38. The summed E-state index contributed by atoms with van der Waals surface area (Å²) in [7, 11) is 0. The molecule has 0 bridgehead atoms. The van der Waals surface area contributed by atoms with E-state index in [0.717, 1.165) is 0 Å². The number of alkyl halides is 3. The molecule has 1 aromatic heterocycles. The zero-order valence-corrected chi connectivity index (χ0v) is 10.3. The molecule has 0 unspecified atom stereocenters. The van der Waals surface area contributed by atoms with Crippen LogP contribution in [0.15, 0.2) is 35.1 Å². The van der Waals surface area contributed by atoms with Crippen LogP contribution in [0.4, 0.5) is 13.2 Å². The van der Waals surface area contributed by atoms with Crippen LogP contribution in [0.1, 0.15) is 5.82 Å². The molecule has 0 saturated heterocycles. The Bertz CT molecular complexity index is 588. The average molecular weight is 355 g/mol. The zero-order chi connectivity index (χ0) is 12.6. The molecule has 0 aliphatic rings. The minimum Gasteiger partial charge on any atom is -0.245 e. The number of benzene rings is 1. The van der Waals surface area contributed by atoms with Crippen molar-refractivity contribution in [1.82, 2.24) is 12.6 Å². The lowest BCUT2D eigenvalue weighted by Gasteiger charge is -2.07. The van der Waals surface area contributed by atoms with Crippen LogP contribution in [0.5, 0.6) is 0 Å². The molecule has 4 nitrogen and oxygen atoms in total. The quantitative estimate of drug-likeness (QED) is 0.737. The van der Waals surface area contributed by atoms with Gasteiger partial charge in [-0.05, 0) is 12.1 Å². The summed E-state index contributed by atoms with van der Waals surface area (Å²) in [5.74, 6) is -1.23. The number of rotatable bonds is 1. The number of halogens is 4. The van der Waals surface area contributed by atoms with Gasteiger partial charge in [0.05, 0.1) is 28.6 Å². The number of hydrogen-bond donors (Lipinski definition) is 0. The summed E-state index contributed by atoms with van der Waals surface area (Å²) in [6, 6.07) is 7.57. The smallest absolute Gasteiger partial charge is 0.245 e. The lowest BCUT2D eigenvalue weighted by atomic mass is 10.3. The first-order chi connectivity index (χ1) is 7.91. The molecule has 0 saturated carbocycles. The summed E-state index contributed by atoms with van der Waals surface area (Å²) in [4.78, 5) is 11.6. The summed E-state index contributed by atoms with van der Waals surface area (Å²) < 4.78 is 39.2. The van der Waals surface area contributed by atoms with Gasteiger partial charge in [-0.15, -0.1) is 7.99 Å². The maximum atomic E-state index is 12.7. The monoisotopic (exact) mass is 355 g/mol. The normalized spacial score (nSPS) is 11.8. The van der Waals surface area contributed by atoms with Gasteiger partial charge in [-0.3, -0.25) is 0 Å². The maximum Gasteiger partial charge on any atom is 0.452 e. The SMILES string of the molecule is O=c1n(I)nc(C(F)(F)F)n1-c1ccccc1. The van der Waals surface area contributed by atoms with Gasteiger partial charge in [0, 0.05) is 0 Å². The lowest BCUT2D eigenvalue weighted by Crippen LogP contribution is -2.22. The summed E-state index contributed by atoms with van der Waals surface area (Å²) >= 11 is 1.41. The number of hydrogen-bond acceptors (Lipinski definition) is 2. The van der Waals surface area contributed by atoms with E-state index in [9.17, 15) is 18.0 Å². The Hall–Kier alpha value is -1.32. The van der Waals surface area contributed by atoms with E-state index in [1.165, 1.54) is 35.0 Å². The van der Waals surface area contributed by atoms with E-state index in [0.29, 0.717) is 7.46 Å². The molecule has 2 aromatic rings. The standard InChI is InChI=1S/C9H5F3IN3O/c10-9(11,12)7-14-16(13)8(17)15(7)6-4-2-1-3-5-6/h1-5H. The van der Waals surface area contributed by atoms with Crippen molar-refractivity contribution in [2.24, 2.45) is 0 Å². The van der Waals surface area contributed by atoms with E-state index >= 15 is 0 Å². The van der Waals surface area contributed by atoms with Crippen molar-refractivity contribution in [2.45, 2.75) is 6.18 Å². The van der Waals surface area contributed by atoms with Crippen LogP contribution in [0.3, 0.4) is 0 Å². The van der Waals surface area contributed by atoms with Crippen LogP contribution in [-0.2, 0) is 6.18 Å². The van der Waals surface area contributed by atoms with Crippen LogP contribution < -0.4 is 5.69 Å². The average Bonchev–Trinajstić information content (AvgIpc) is 2.57. The van der Waals surface area contributed by atoms with E-state index in [2.05, 4.69) is 5.10 Å². The molecule has 90 valence electrons. The molecule has 1 heterocycles. The predicted octanol–water partition coefficient (Wildman–Crippen LogP) is 2.25. The Morgan fingerprint density at radius 1 is 1.18 bits per heavy atom. The van der Waals surface area contributed by atoms with Gasteiger partial charge in [0.25, 0.3) is 0 Å². The molecular formula is C9H5F3IN3O. The van der Waals surface area contributed by atoms with Gasteiger partial charge in [0.1, 0.15) is 0 Å². The van der Waals surface area contributed by atoms with Gasteiger partial charge in [-0.2, -0.15) is 13.2 Å². The summed E-state index contributed by atoms with van der Waals surface area (Å²) in [6.07, 6.45) is -4.68. The molecule has 0 aliphatic heterocycles. The van der Waals surface area contributed by atoms with Crippen molar-refractivity contribution in [2.75, 3.05) is 0 Å². The van der Waals surface area contributed by atoms with Crippen LogP contribution in [0, 0.1) is 0 Å². The van der Waals surface area contributed by atoms with E-state index in [1.54, 1.807) is 18.2 Å². The van der Waals surface area contributed by atoms with Crippen molar-refractivity contribution < 1.29 is 13.2 Å². The van der Waals surface area contributed by atoms with Gasteiger partial charge in [-0.1, -0.05) is 18.2 Å². The predicted molar refractivity (Wildman–Crippen MR) is 62.2 cm³/mol. The molecule has 0 fully saturated rings. The lowest BCUT2D eigenvalue weighted by molar-refractivity contribution is -0.146. The van der Waals surface area contributed by atoms with Crippen molar-refractivity contribution in [3.05, 3.63) is 46.6 Å². The second kappa shape index (κ2) is 4.17. The van der Waals surface area contributed by atoms with Crippen molar-refractivity contribution >= 4 is 22.9 Å². The van der Waals surface area contributed by atoms with Crippen molar-refractivity contribution in [3.8, 4) is 5.69 Å². The Morgan fingerprint density at radius 3 is 2.29 bits per heavy atom. The number of aromatic nitrogens is 3. The van der Waals surface area contributed by atoms with Crippen molar-refractivity contribution in [1.29, 1.82) is 0 Å². The molecule has 0 aliphatic carbocycles. The van der Waals surface area contributed by atoms with Gasteiger partial charge in [0.15, 0.2) is 0 Å². The molecule has 8 heteroatoms. The molecule has 0 spiro atoms. The first kappa shape index (κ1) is 12.1. The zero-order valence-electron chi connectivity index (χ0n) is 8.15. The van der Waals surface area contributed by atoms with E-state index in [-0.39, 0.29) is 5.69 Å². The van der Waals surface area contributed by atoms with Crippen LogP contribution >= 0.6 is 22.9 Å². The van der Waals surface area contributed by atoms with Gasteiger partial charge < -0.3 is 0 Å². The summed E-state index contributed by atoms with van der Waals surface area (Å²) in [6.45, 7) is 0. The van der Waals surface area contributed by atoms with E-state index in [1.807, 2.05) is 0 Å². The van der Waals surface area contributed by atoms with Crippen molar-refractivity contribution in [3.63, 3.8) is 0 Å². The maximum absolute atomic E-state index is 12.7. The van der Waals surface area contributed by atoms with E-state index in [4.69, 9.17) is 0 Å². The highest BCUT2D eigenvalue weighted by molar-refractivity contribution is 14.1. The first-order valence-electron chi connectivity index (χ1n) is 4.42. The Balaban J connectivity index is 2.73. The minimum absolute atomic E-state index is 0.132. The minimum atomic E-state index is -4.68. The van der Waals surface area contributed by atoms with Gasteiger partial charge >= 0.3 is 11.9 Å². The molecule has 0 atom stereocenters. The summed E-state index contributed by atoms with van der Waals surface area (Å²) in [5, 5.41) is 3.19. The Labute approximate surface area is 107 Å². The van der Waals surface area contributed by atoms with E-state index < -0.39 is 17.7 Å². The van der Waals surface area contributed by atoms with Crippen LogP contribution in [-0.4, -0.2) is 12.6 Å². The second-order valence-electron chi connectivity index (χ2n) is 3.14. The fourth-order valence-electron chi connectivity index (χ4n) is 1.34. The second-order valence-corrected chi connectivity index (χ2v) is 4.05. The topological polar surface area (TPSA) is 39.8 Å². The number of para-hydroxylation sites is 1. The fraction of sp³-hybridized carbons (Fsp3) is 0.111. The Kier molecular flexibility index (Phi) is 2.98. The van der Waals surface area contributed by atoms with Gasteiger partial charge in [-0.25, -0.2) is 9.36 Å².